The highest BCUT2D eigenvalue weighted by atomic mass is 16.6. The van der Waals surface area contributed by atoms with Gasteiger partial charge < -0.3 is 20.6 Å². The smallest absolute Gasteiger partial charge is 0.263 e. The van der Waals surface area contributed by atoms with Crippen molar-refractivity contribution in [3.63, 3.8) is 0 Å². The number of carbonyl (C=O) groups excluding carboxylic acids is 1. The van der Waals surface area contributed by atoms with E-state index < -0.39 is 6.10 Å². The van der Waals surface area contributed by atoms with E-state index in [2.05, 4.69) is 10.5 Å². The number of nitrogens with zero attached hydrogens (tertiary/aromatic N) is 1. The molecule has 6 nitrogen and oxygen atoms in total. The van der Waals surface area contributed by atoms with Crippen molar-refractivity contribution < 1.29 is 14.4 Å². The van der Waals surface area contributed by atoms with Crippen LogP contribution in [-0.2, 0) is 16.1 Å². The lowest BCUT2D eigenvalue weighted by molar-refractivity contribution is -0.131. The molecule has 3 N–H and O–H groups in total. The van der Waals surface area contributed by atoms with Gasteiger partial charge in [0.1, 0.15) is 5.75 Å². The van der Waals surface area contributed by atoms with E-state index in [-0.39, 0.29) is 11.7 Å². The van der Waals surface area contributed by atoms with Crippen LogP contribution in [0.15, 0.2) is 59.8 Å². The zero-order valence-electron chi connectivity index (χ0n) is 14.4. The molecule has 0 spiro atoms. The summed E-state index contributed by atoms with van der Waals surface area (Å²) in [6.45, 7) is 2.14. The normalized spacial score (nSPS) is 12.3. The van der Waals surface area contributed by atoms with Crippen molar-refractivity contribution in [3.8, 4) is 5.75 Å². The minimum absolute atomic E-state index is 0.235. The molecule has 0 aliphatic heterocycles. The van der Waals surface area contributed by atoms with Gasteiger partial charge in [0.25, 0.3) is 5.91 Å². The Morgan fingerprint density at radius 2 is 1.84 bits per heavy atom. The largest absolute Gasteiger partial charge is 0.497 e. The second kappa shape index (κ2) is 9.32. The first-order valence-electron chi connectivity index (χ1n) is 8.05. The summed E-state index contributed by atoms with van der Waals surface area (Å²) in [6, 6.07) is 17.0. The number of hydrogen-bond acceptors (Lipinski definition) is 4. The van der Waals surface area contributed by atoms with Crippen molar-refractivity contribution >= 4 is 11.7 Å². The van der Waals surface area contributed by atoms with Crippen LogP contribution < -0.4 is 15.8 Å². The number of nitrogens with two attached hydrogens (primary N) is 1. The predicted octanol–water partition coefficient (Wildman–Crippen LogP) is 2.08. The second-order valence-electron chi connectivity index (χ2n) is 5.48. The predicted molar refractivity (Wildman–Crippen MR) is 97.4 cm³/mol. The van der Waals surface area contributed by atoms with E-state index in [0.29, 0.717) is 6.54 Å². The average molecular weight is 341 g/mol. The van der Waals surface area contributed by atoms with Gasteiger partial charge in [-0.05, 0) is 31.0 Å². The summed E-state index contributed by atoms with van der Waals surface area (Å²) in [4.78, 5) is 17.2. The van der Waals surface area contributed by atoms with Gasteiger partial charge in [-0.3, -0.25) is 4.79 Å². The number of amidine groups is 1. The van der Waals surface area contributed by atoms with Crippen LogP contribution in [-0.4, -0.2) is 31.5 Å². The number of oxime groups is 1. The molecule has 2 aromatic rings. The lowest BCUT2D eigenvalue weighted by atomic mass is 10.1. The van der Waals surface area contributed by atoms with Crippen LogP contribution in [0.4, 0.5) is 0 Å². The highest BCUT2D eigenvalue weighted by Gasteiger charge is 2.13. The van der Waals surface area contributed by atoms with E-state index in [4.69, 9.17) is 15.3 Å². The molecule has 132 valence electrons. The number of benzene rings is 2. The summed E-state index contributed by atoms with van der Waals surface area (Å²) in [7, 11) is 1.63. The van der Waals surface area contributed by atoms with Crippen molar-refractivity contribution in [2.75, 3.05) is 13.7 Å². The van der Waals surface area contributed by atoms with Gasteiger partial charge in [-0.25, -0.2) is 0 Å². The number of amides is 1. The number of methoxy groups -OCH3 is 1. The van der Waals surface area contributed by atoms with Gasteiger partial charge in [0, 0.05) is 12.1 Å². The fourth-order valence-electron chi connectivity index (χ4n) is 2.11. The summed E-state index contributed by atoms with van der Waals surface area (Å²) >= 11 is 0. The highest BCUT2D eigenvalue weighted by Crippen LogP contribution is 2.11. The SMILES string of the molecule is COc1ccc(CCNC(=O)[C@H](C)O/N=C(/N)c2ccccc2)cc1. The molecule has 0 aliphatic carbocycles. The fourth-order valence-corrected chi connectivity index (χ4v) is 2.11. The third-order valence-corrected chi connectivity index (χ3v) is 3.62. The van der Waals surface area contributed by atoms with Crippen molar-refractivity contribution in [2.45, 2.75) is 19.4 Å². The van der Waals surface area contributed by atoms with Crippen molar-refractivity contribution in [1.29, 1.82) is 0 Å². The van der Waals surface area contributed by atoms with Crippen LogP contribution in [0.5, 0.6) is 5.75 Å². The zero-order chi connectivity index (χ0) is 18.1. The molecule has 0 aromatic heterocycles. The third kappa shape index (κ3) is 5.84. The Morgan fingerprint density at radius 3 is 2.48 bits per heavy atom. The van der Waals surface area contributed by atoms with E-state index in [0.717, 1.165) is 23.3 Å². The number of rotatable bonds is 8. The van der Waals surface area contributed by atoms with Gasteiger partial charge in [-0.15, -0.1) is 0 Å². The molecule has 25 heavy (non-hydrogen) atoms. The molecule has 0 saturated carbocycles. The zero-order valence-corrected chi connectivity index (χ0v) is 14.4. The molecular weight excluding hydrogens is 318 g/mol. The van der Waals surface area contributed by atoms with Crippen LogP contribution in [0, 0.1) is 0 Å². The maximum absolute atomic E-state index is 12.0. The van der Waals surface area contributed by atoms with Crippen LogP contribution in [0.2, 0.25) is 0 Å². The minimum Gasteiger partial charge on any atom is -0.497 e. The minimum atomic E-state index is -0.724. The molecule has 0 saturated heterocycles. The van der Waals surface area contributed by atoms with E-state index in [1.54, 1.807) is 14.0 Å². The first-order valence-corrected chi connectivity index (χ1v) is 8.05. The van der Waals surface area contributed by atoms with E-state index in [1.807, 2.05) is 54.6 Å². The second-order valence-corrected chi connectivity index (χ2v) is 5.48. The fraction of sp³-hybridized carbons (Fsp3) is 0.263. The standard InChI is InChI=1S/C19H23N3O3/c1-14(25-22-18(20)16-6-4-3-5-7-16)19(23)21-13-12-15-8-10-17(24-2)11-9-15/h3-11,14H,12-13H2,1-2H3,(H2,20,22)(H,21,23)/t14-/m0/s1. The van der Waals surface area contributed by atoms with E-state index in [1.165, 1.54) is 0 Å². The average Bonchev–Trinajstić information content (AvgIpc) is 2.66. The first-order chi connectivity index (χ1) is 12.1. The van der Waals surface area contributed by atoms with Gasteiger partial charge in [0.15, 0.2) is 5.84 Å². The Labute approximate surface area is 147 Å². The highest BCUT2D eigenvalue weighted by molar-refractivity contribution is 5.97. The summed E-state index contributed by atoms with van der Waals surface area (Å²) < 4.78 is 5.11. The molecule has 0 aliphatic rings. The third-order valence-electron chi connectivity index (χ3n) is 3.62. The van der Waals surface area contributed by atoms with Crippen molar-refractivity contribution in [2.24, 2.45) is 10.9 Å². The summed E-state index contributed by atoms with van der Waals surface area (Å²) in [5.41, 5.74) is 7.68. The number of nitrogens with one attached hydrogen (secondary N) is 1. The molecule has 2 rings (SSSR count). The summed E-state index contributed by atoms with van der Waals surface area (Å²) in [6.07, 6.45) is -0.00384. The van der Waals surface area contributed by atoms with Gasteiger partial charge in [-0.1, -0.05) is 47.6 Å². The summed E-state index contributed by atoms with van der Waals surface area (Å²) in [5, 5.41) is 6.64. The maximum atomic E-state index is 12.0. The van der Waals surface area contributed by atoms with Crippen LogP contribution >= 0.6 is 0 Å². The molecule has 6 heteroatoms. The van der Waals surface area contributed by atoms with Gasteiger partial charge >= 0.3 is 0 Å². The molecule has 0 bridgehead atoms. The number of carbonyl (C=O) groups is 1. The monoisotopic (exact) mass is 341 g/mol. The summed E-state index contributed by atoms with van der Waals surface area (Å²) in [5.74, 6) is 0.806. The molecule has 1 atom stereocenters. The maximum Gasteiger partial charge on any atom is 0.263 e. The topological polar surface area (TPSA) is 85.9 Å². The Hall–Kier alpha value is -3.02. The lowest BCUT2D eigenvalue weighted by Gasteiger charge is -2.11. The van der Waals surface area contributed by atoms with Crippen molar-refractivity contribution in [3.05, 3.63) is 65.7 Å². The van der Waals surface area contributed by atoms with E-state index in [9.17, 15) is 4.79 Å². The van der Waals surface area contributed by atoms with Gasteiger partial charge in [0.2, 0.25) is 6.10 Å². The van der Waals surface area contributed by atoms with E-state index >= 15 is 0 Å². The molecule has 2 aromatic carbocycles. The lowest BCUT2D eigenvalue weighted by Crippen LogP contribution is -2.35. The molecule has 0 fully saturated rings. The van der Waals surface area contributed by atoms with Gasteiger partial charge in [-0.2, -0.15) is 0 Å². The Morgan fingerprint density at radius 1 is 1.16 bits per heavy atom. The molecule has 1 amide bonds. The van der Waals surface area contributed by atoms with Crippen molar-refractivity contribution in [1.82, 2.24) is 5.32 Å². The molecule has 0 heterocycles. The van der Waals surface area contributed by atoms with Crippen LogP contribution in [0.3, 0.4) is 0 Å². The van der Waals surface area contributed by atoms with Crippen LogP contribution in [0.25, 0.3) is 0 Å². The molecule has 0 unspecified atom stereocenters. The quantitative estimate of drug-likeness (QED) is 0.437. The molecule has 0 radical (unpaired) electrons. The number of ether oxygens (including phenoxy) is 1. The van der Waals surface area contributed by atoms with Gasteiger partial charge in [0.05, 0.1) is 7.11 Å². The van der Waals surface area contributed by atoms with Crippen LogP contribution in [0.1, 0.15) is 18.1 Å². The molecular formula is C19H23N3O3. The Balaban J connectivity index is 1.76. The first kappa shape index (κ1) is 18.3. The Bertz CT molecular complexity index is 700. The number of hydrogen-bond donors (Lipinski definition) is 2. The Kier molecular flexibility index (Phi) is 6.83.